The van der Waals surface area contributed by atoms with Gasteiger partial charge < -0.3 is 9.80 Å². The first-order chi connectivity index (χ1) is 12.8. The van der Waals surface area contributed by atoms with Gasteiger partial charge in [-0.2, -0.15) is 0 Å². The third-order valence-electron chi connectivity index (χ3n) is 4.77. The van der Waals surface area contributed by atoms with Crippen molar-refractivity contribution in [1.82, 2.24) is 9.80 Å². The lowest BCUT2D eigenvalue weighted by Crippen LogP contribution is -2.52. The van der Waals surface area contributed by atoms with Gasteiger partial charge in [0.25, 0.3) is 5.91 Å². The molecule has 0 atom stereocenters. The van der Waals surface area contributed by atoms with Gasteiger partial charge in [-0.1, -0.05) is 35.4 Å². The molecule has 4 nitrogen and oxygen atoms in total. The molecule has 0 radical (unpaired) electrons. The average Bonchev–Trinajstić information content (AvgIpc) is 2.60. The second-order valence-corrected chi connectivity index (χ2v) is 7.10. The number of carbonyl (C=O) groups is 2. The number of piperazine rings is 1. The van der Waals surface area contributed by atoms with Crippen molar-refractivity contribution >= 4 is 11.8 Å². The number of benzene rings is 2. The highest BCUT2D eigenvalue weighted by Crippen LogP contribution is 2.19. The van der Waals surface area contributed by atoms with Crippen molar-refractivity contribution in [1.29, 1.82) is 0 Å². The van der Waals surface area contributed by atoms with Crippen LogP contribution < -0.4 is 0 Å². The number of aryl methyl sites for hydroxylation is 3. The van der Waals surface area contributed by atoms with E-state index in [0.29, 0.717) is 13.1 Å². The lowest BCUT2D eigenvalue weighted by atomic mass is 10.1. The molecule has 2 amide bonds. The van der Waals surface area contributed by atoms with Crippen molar-refractivity contribution in [2.24, 2.45) is 0 Å². The molecule has 0 unspecified atom stereocenters. The minimum Gasteiger partial charge on any atom is -0.335 e. The highest BCUT2D eigenvalue weighted by molar-refractivity contribution is 5.97. The van der Waals surface area contributed by atoms with Crippen LogP contribution in [0.2, 0.25) is 0 Å². The summed E-state index contributed by atoms with van der Waals surface area (Å²) >= 11 is 0. The molecular formula is C21H22F2N2O2. The molecule has 27 heavy (non-hydrogen) atoms. The van der Waals surface area contributed by atoms with Gasteiger partial charge in [-0.15, -0.1) is 0 Å². The van der Waals surface area contributed by atoms with Crippen molar-refractivity contribution < 1.29 is 18.4 Å². The molecule has 142 valence electrons. The Hall–Kier alpha value is -2.76. The molecule has 6 heteroatoms. The van der Waals surface area contributed by atoms with E-state index in [2.05, 4.69) is 6.07 Å². The van der Waals surface area contributed by atoms with Crippen LogP contribution in [0.15, 0.2) is 30.3 Å². The lowest BCUT2D eigenvalue weighted by molar-refractivity contribution is -0.135. The molecule has 3 rings (SSSR count). The second kappa shape index (κ2) is 7.47. The van der Waals surface area contributed by atoms with Gasteiger partial charge in [0.2, 0.25) is 5.91 Å². The van der Waals surface area contributed by atoms with E-state index in [0.717, 1.165) is 16.7 Å². The number of nitrogens with zero attached hydrogens (tertiary/aromatic N) is 2. The van der Waals surface area contributed by atoms with Crippen LogP contribution in [0.1, 0.15) is 32.6 Å². The number of carbonyl (C=O) groups excluding carboxylic acids is 2. The van der Waals surface area contributed by atoms with E-state index >= 15 is 0 Å². The van der Waals surface area contributed by atoms with Gasteiger partial charge >= 0.3 is 0 Å². The van der Waals surface area contributed by atoms with Crippen LogP contribution in [0.3, 0.4) is 0 Å². The van der Waals surface area contributed by atoms with Gasteiger partial charge in [-0.3, -0.25) is 9.59 Å². The second-order valence-electron chi connectivity index (χ2n) is 7.10. The molecule has 0 aromatic heterocycles. The topological polar surface area (TPSA) is 40.6 Å². The smallest absolute Gasteiger partial charge is 0.257 e. The first kappa shape index (κ1) is 19.0. The Balaban J connectivity index is 1.70. The first-order valence-electron chi connectivity index (χ1n) is 8.85. The molecule has 0 spiro atoms. The zero-order valence-electron chi connectivity index (χ0n) is 15.7. The summed E-state index contributed by atoms with van der Waals surface area (Å²) in [7, 11) is 0. The maximum Gasteiger partial charge on any atom is 0.257 e. The number of halogens is 2. The monoisotopic (exact) mass is 372 g/mol. The van der Waals surface area contributed by atoms with Crippen LogP contribution >= 0.6 is 0 Å². The van der Waals surface area contributed by atoms with Crippen LogP contribution in [-0.4, -0.2) is 41.2 Å². The molecule has 0 aliphatic carbocycles. The minimum absolute atomic E-state index is 0.137. The van der Waals surface area contributed by atoms with E-state index in [1.807, 2.05) is 26.0 Å². The van der Waals surface area contributed by atoms with E-state index in [4.69, 9.17) is 0 Å². The van der Waals surface area contributed by atoms with Crippen molar-refractivity contribution in [3.63, 3.8) is 0 Å². The van der Waals surface area contributed by atoms with Crippen molar-refractivity contribution in [2.45, 2.75) is 27.3 Å². The Bertz CT molecular complexity index is 891. The van der Waals surface area contributed by atoms with E-state index in [-0.39, 0.29) is 30.1 Å². The maximum absolute atomic E-state index is 14.1. The fraction of sp³-hybridized carbons (Fsp3) is 0.333. The predicted molar refractivity (Wildman–Crippen MR) is 98.3 cm³/mol. The third-order valence-corrected chi connectivity index (χ3v) is 4.77. The Morgan fingerprint density at radius 2 is 1.67 bits per heavy atom. The van der Waals surface area contributed by atoms with Crippen molar-refractivity contribution in [3.05, 3.63) is 69.8 Å². The Morgan fingerprint density at radius 3 is 2.30 bits per heavy atom. The van der Waals surface area contributed by atoms with Gasteiger partial charge in [0.15, 0.2) is 11.6 Å². The molecule has 0 bridgehead atoms. The Morgan fingerprint density at radius 1 is 1.00 bits per heavy atom. The third kappa shape index (κ3) is 3.99. The van der Waals surface area contributed by atoms with Crippen LogP contribution in [0.25, 0.3) is 0 Å². The van der Waals surface area contributed by atoms with E-state index in [9.17, 15) is 18.4 Å². The van der Waals surface area contributed by atoms with Crippen LogP contribution in [0.5, 0.6) is 0 Å². The molecule has 2 aromatic rings. The molecule has 1 heterocycles. The molecule has 1 saturated heterocycles. The zero-order valence-corrected chi connectivity index (χ0v) is 15.7. The van der Waals surface area contributed by atoms with Crippen molar-refractivity contribution in [2.75, 3.05) is 19.6 Å². The van der Waals surface area contributed by atoms with Crippen LogP contribution in [-0.2, 0) is 11.3 Å². The highest BCUT2D eigenvalue weighted by Gasteiger charge is 2.30. The van der Waals surface area contributed by atoms with Crippen molar-refractivity contribution in [3.8, 4) is 0 Å². The number of amides is 2. The molecule has 0 saturated carbocycles. The molecular weight excluding hydrogens is 350 g/mol. The number of rotatable bonds is 3. The lowest BCUT2D eigenvalue weighted by Gasteiger charge is -2.34. The van der Waals surface area contributed by atoms with E-state index in [1.54, 1.807) is 4.90 Å². The molecule has 1 aliphatic heterocycles. The molecule has 2 aromatic carbocycles. The summed E-state index contributed by atoms with van der Waals surface area (Å²) in [5.74, 6) is -3.06. The van der Waals surface area contributed by atoms with Gasteiger partial charge in [0, 0.05) is 19.6 Å². The summed E-state index contributed by atoms with van der Waals surface area (Å²) in [6, 6.07) is 8.76. The first-order valence-corrected chi connectivity index (χ1v) is 8.85. The molecule has 1 aliphatic rings. The zero-order chi connectivity index (χ0) is 19.7. The minimum atomic E-state index is -1.16. The largest absolute Gasteiger partial charge is 0.335 e. The van der Waals surface area contributed by atoms with Crippen LogP contribution in [0.4, 0.5) is 8.78 Å². The Kier molecular flexibility index (Phi) is 5.26. The number of hydrogen-bond acceptors (Lipinski definition) is 2. The van der Waals surface area contributed by atoms with E-state index < -0.39 is 17.5 Å². The van der Waals surface area contributed by atoms with Gasteiger partial charge in [-0.25, -0.2) is 8.78 Å². The fourth-order valence-electron chi connectivity index (χ4n) is 3.41. The van der Waals surface area contributed by atoms with E-state index in [1.165, 1.54) is 24.0 Å². The highest BCUT2D eigenvalue weighted by atomic mass is 19.2. The average molecular weight is 372 g/mol. The Labute approximate surface area is 157 Å². The summed E-state index contributed by atoms with van der Waals surface area (Å²) < 4.78 is 27.8. The summed E-state index contributed by atoms with van der Waals surface area (Å²) in [4.78, 5) is 28.0. The SMILES string of the molecule is Cc1cc(C)cc(CN2CCN(C(=O)c3ccc(C)c(F)c3F)CC2=O)c1. The summed E-state index contributed by atoms with van der Waals surface area (Å²) in [6.07, 6.45) is 0. The molecule has 1 fully saturated rings. The summed E-state index contributed by atoms with van der Waals surface area (Å²) in [5, 5.41) is 0. The number of hydrogen-bond donors (Lipinski definition) is 0. The van der Waals surface area contributed by atoms with Gasteiger partial charge in [0.1, 0.15) is 6.54 Å². The maximum atomic E-state index is 14.1. The fourth-order valence-corrected chi connectivity index (χ4v) is 3.41. The summed E-state index contributed by atoms with van der Waals surface area (Å²) in [6.45, 7) is 6.41. The molecule has 0 N–H and O–H groups in total. The normalized spacial score (nSPS) is 14.6. The quantitative estimate of drug-likeness (QED) is 0.829. The van der Waals surface area contributed by atoms with Crippen LogP contribution in [0, 0.1) is 32.4 Å². The van der Waals surface area contributed by atoms with Gasteiger partial charge in [0.05, 0.1) is 5.56 Å². The predicted octanol–water partition coefficient (Wildman–Crippen LogP) is 3.37. The summed E-state index contributed by atoms with van der Waals surface area (Å²) in [5.41, 5.74) is 3.09. The van der Waals surface area contributed by atoms with Gasteiger partial charge in [-0.05, 0) is 38.0 Å². The standard InChI is InChI=1S/C21H22F2N2O2/c1-13-8-14(2)10-16(9-13)11-24-6-7-25(12-18(24)26)21(27)17-5-4-15(3)19(22)20(17)23/h4-5,8-10H,6-7,11-12H2,1-3H3.